The molecule has 4 N–H and O–H groups in total. The van der Waals surface area contributed by atoms with Crippen LogP contribution in [0.2, 0.25) is 0 Å². The van der Waals surface area contributed by atoms with Crippen molar-refractivity contribution >= 4 is 23.5 Å². The van der Waals surface area contributed by atoms with Gasteiger partial charge < -0.3 is 21.1 Å². The van der Waals surface area contributed by atoms with E-state index in [1.54, 1.807) is 6.92 Å². The monoisotopic (exact) mass is 313 g/mol. The Morgan fingerprint density at radius 1 is 1.36 bits per heavy atom. The zero-order valence-corrected chi connectivity index (χ0v) is 12.9. The molecule has 0 aromatic carbocycles. The second kappa shape index (κ2) is 7.88. The molecule has 0 radical (unpaired) electrons. The molecular formula is C14H23N3O5. The lowest BCUT2D eigenvalue weighted by atomic mass is 10.1. The van der Waals surface area contributed by atoms with Crippen LogP contribution in [0.15, 0.2) is 0 Å². The number of β-amino-alcohol motifs (C(OH)–C–C–N with tert-alkyl or cyclic N) is 1. The molecule has 0 aromatic heterocycles. The molecule has 1 saturated heterocycles. The van der Waals surface area contributed by atoms with Gasteiger partial charge in [-0.1, -0.05) is 6.92 Å². The lowest BCUT2D eigenvalue weighted by Gasteiger charge is -2.24. The Hall–Kier alpha value is -1.96. The van der Waals surface area contributed by atoms with Gasteiger partial charge in [0, 0.05) is 32.7 Å². The number of carbonyl (C=O) groups is 4. The van der Waals surface area contributed by atoms with Crippen molar-refractivity contribution in [1.29, 1.82) is 0 Å². The molecule has 1 rings (SSSR count). The Morgan fingerprint density at radius 2 is 2.00 bits per heavy atom. The number of carbonyl (C=O) groups excluding carboxylic acids is 4. The first-order valence-electron chi connectivity index (χ1n) is 7.32. The van der Waals surface area contributed by atoms with Crippen molar-refractivity contribution in [2.45, 2.75) is 57.7 Å². The average molecular weight is 313 g/mol. The van der Waals surface area contributed by atoms with Crippen LogP contribution in [0.3, 0.4) is 0 Å². The second-order valence-electron chi connectivity index (χ2n) is 5.47. The minimum Gasteiger partial charge on any atom is -0.391 e. The fourth-order valence-corrected chi connectivity index (χ4v) is 2.45. The van der Waals surface area contributed by atoms with E-state index in [0.717, 1.165) is 0 Å². The summed E-state index contributed by atoms with van der Waals surface area (Å²) in [5.41, 5.74) is 5.24. The number of primary amides is 1. The summed E-state index contributed by atoms with van der Waals surface area (Å²) in [6.07, 6.45) is -0.0257. The van der Waals surface area contributed by atoms with E-state index in [9.17, 15) is 24.3 Å². The normalized spacial score (nSPS) is 22.2. The minimum atomic E-state index is -0.963. The zero-order chi connectivity index (χ0) is 16.9. The fourth-order valence-electron chi connectivity index (χ4n) is 2.45. The summed E-state index contributed by atoms with van der Waals surface area (Å²) in [7, 11) is 0. The van der Waals surface area contributed by atoms with Crippen LogP contribution in [0.25, 0.3) is 0 Å². The van der Waals surface area contributed by atoms with Crippen molar-refractivity contribution in [1.82, 2.24) is 10.2 Å². The van der Waals surface area contributed by atoms with Crippen molar-refractivity contribution in [3.8, 4) is 0 Å². The van der Waals surface area contributed by atoms with Gasteiger partial charge in [-0.15, -0.1) is 0 Å². The Morgan fingerprint density at radius 3 is 2.50 bits per heavy atom. The molecule has 22 heavy (non-hydrogen) atoms. The standard InChI is InChI=1S/C14H23N3O5/c1-3-9(19)4-5-11(13(15)21)16-14(22)12-6-10(20)7-17(12)8(2)18/h10-12,20H,3-7H2,1-2H3,(H2,15,21)(H,16,22)/t10-,11+,12+/m1/s1. The maximum absolute atomic E-state index is 12.2. The van der Waals surface area contributed by atoms with Crippen LogP contribution in [-0.4, -0.2) is 58.2 Å². The number of ketones is 1. The minimum absolute atomic E-state index is 0.0258. The first-order chi connectivity index (χ1) is 10.3. The molecule has 1 heterocycles. The van der Waals surface area contributed by atoms with E-state index < -0.39 is 30.0 Å². The number of nitrogens with one attached hydrogen (secondary N) is 1. The van der Waals surface area contributed by atoms with Gasteiger partial charge in [0.1, 0.15) is 17.9 Å². The van der Waals surface area contributed by atoms with Gasteiger partial charge >= 0.3 is 0 Å². The predicted octanol–water partition coefficient (Wildman–Crippen LogP) is -1.30. The number of nitrogens with zero attached hydrogens (tertiary/aromatic N) is 1. The number of hydrogen-bond acceptors (Lipinski definition) is 5. The number of Topliss-reactive ketones (excluding diaryl/α,β-unsaturated/α-hetero) is 1. The van der Waals surface area contributed by atoms with Gasteiger partial charge in [-0.2, -0.15) is 0 Å². The summed E-state index contributed by atoms with van der Waals surface area (Å²) in [5.74, 6) is -1.62. The summed E-state index contributed by atoms with van der Waals surface area (Å²) in [6.45, 7) is 3.11. The van der Waals surface area contributed by atoms with Gasteiger partial charge in [0.25, 0.3) is 0 Å². The van der Waals surface area contributed by atoms with Gasteiger partial charge in [0.2, 0.25) is 17.7 Å². The van der Waals surface area contributed by atoms with Crippen molar-refractivity contribution in [2.75, 3.05) is 6.54 Å². The SMILES string of the molecule is CCC(=O)CC[C@H](NC(=O)[C@@H]1C[C@@H](O)CN1C(C)=O)C(N)=O. The quantitative estimate of drug-likeness (QED) is 0.538. The van der Waals surface area contributed by atoms with Crippen LogP contribution < -0.4 is 11.1 Å². The van der Waals surface area contributed by atoms with Crippen LogP contribution in [0.5, 0.6) is 0 Å². The Kier molecular flexibility index (Phi) is 6.48. The van der Waals surface area contributed by atoms with Crippen molar-refractivity contribution in [3.05, 3.63) is 0 Å². The molecule has 1 fully saturated rings. The van der Waals surface area contributed by atoms with Crippen molar-refractivity contribution in [3.63, 3.8) is 0 Å². The van der Waals surface area contributed by atoms with E-state index in [0.29, 0.717) is 6.42 Å². The number of hydrogen-bond donors (Lipinski definition) is 3. The fraction of sp³-hybridized carbons (Fsp3) is 0.714. The largest absolute Gasteiger partial charge is 0.391 e. The van der Waals surface area contributed by atoms with Crippen molar-refractivity contribution < 1.29 is 24.3 Å². The van der Waals surface area contributed by atoms with Gasteiger partial charge in [-0.3, -0.25) is 19.2 Å². The molecule has 0 bridgehead atoms. The lowest BCUT2D eigenvalue weighted by Crippen LogP contribution is -2.52. The van der Waals surface area contributed by atoms with Crippen LogP contribution in [0, 0.1) is 0 Å². The van der Waals surface area contributed by atoms with Crippen LogP contribution in [0.4, 0.5) is 0 Å². The summed E-state index contributed by atoms with van der Waals surface area (Å²) < 4.78 is 0. The molecule has 0 spiro atoms. The van der Waals surface area contributed by atoms with E-state index in [2.05, 4.69) is 5.32 Å². The van der Waals surface area contributed by atoms with E-state index in [4.69, 9.17) is 5.73 Å². The summed E-state index contributed by atoms with van der Waals surface area (Å²) in [5, 5.41) is 12.1. The molecule has 8 heteroatoms. The number of nitrogens with two attached hydrogens (primary N) is 1. The first kappa shape index (κ1) is 18.1. The molecule has 124 valence electrons. The third kappa shape index (κ3) is 4.80. The van der Waals surface area contributed by atoms with Gasteiger partial charge in [-0.25, -0.2) is 0 Å². The summed E-state index contributed by atoms with van der Waals surface area (Å²) >= 11 is 0. The third-order valence-corrected chi connectivity index (χ3v) is 3.75. The number of rotatable bonds is 7. The topological polar surface area (TPSA) is 130 Å². The third-order valence-electron chi connectivity index (χ3n) is 3.75. The van der Waals surface area contributed by atoms with Gasteiger partial charge in [0.05, 0.1) is 6.10 Å². The van der Waals surface area contributed by atoms with E-state index in [-0.39, 0.29) is 37.5 Å². The maximum Gasteiger partial charge on any atom is 0.243 e. The first-order valence-corrected chi connectivity index (χ1v) is 7.32. The second-order valence-corrected chi connectivity index (χ2v) is 5.47. The van der Waals surface area contributed by atoms with Gasteiger partial charge in [0.15, 0.2) is 0 Å². The van der Waals surface area contributed by atoms with E-state index >= 15 is 0 Å². The molecule has 0 unspecified atom stereocenters. The summed E-state index contributed by atoms with van der Waals surface area (Å²) in [6, 6.07) is -1.79. The highest BCUT2D eigenvalue weighted by atomic mass is 16.3. The van der Waals surface area contributed by atoms with Crippen LogP contribution in [-0.2, 0) is 19.2 Å². The molecule has 0 aromatic rings. The number of likely N-dealkylation sites (tertiary alicyclic amines) is 1. The van der Waals surface area contributed by atoms with Crippen molar-refractivity contribution in [2.24, 2.45) is 5.73 Å². The molecule has 3 amide bonds. The number of amides is 3. The molecular weight excluding hydrogens is 290 g/mol. The molecule has 8 nitrogen and oxygen atoms in total. The Labute approximate surface area is 129 Å². The maximum atomic E-state index is 12.2. The number of aliphatic hydroxyl groups is 1. The molecule has 1 aliphatic rings. The number of aliphatic hydroxyl groups excluding tert-OH is 1. The molecule has 1 aliphatic heterocycles. The van der Waals surface area contributed by atoms with E-state index in [1.807, 2.05) is 0 Å². The van der Waals surface area contributed by atoms with Gasteiger partial charge in [-0.05, 0) is 6.42 Å². The average Bonchev–Trinajstić information content (AvgIpc) is 2.84. The van der Waals surface area contributed by atoms with Crippen LogP contribution in [0.1, 0.15) is 39.5 Å². The summed E-state index contributed by atoms with van der Waals surface area (Å²) in [4.78, 5) is 47.7. The highest BCUT2D eigenvalue weighted by Crippen LogP contribution is 2.18. The zero-order valence-electron chi connectivity index (χ0n) is 12.9. The molecule has 3 atom stereocenters. The highest BCUT2D eigenvalue weighted by Gasteiger charge is 2.38. The van der Waals surface area contributed by atoms with E-state index in [1.165, 1.54) is 11.8 Å². The Bertz CT molecular complexity index is 465. The predicted molar refractivity (Wildman–Crippen MR) is 77.5 cm³/mol. The molecule has 0 saturated carbocycles. The Balaban J connectivity index is 2.68. The molecule has 0 aliphatic carbocycles. The highest BCUT2D eigenvalue weighted by molar-refractivity contribution is 5.92. The lowest BCUT2D eigenvalue weighted by molar-refractivity contribution is -0.138. The smallest absolute Gasteiger partial charge is 0.243 e. The van der Waals surface area contributed by atoms with Crippen LogP contribution >= 0.6 is 0 Å².